The van der Waals surface area contributed by atoms with Crippen LogP contribution < -0.4 is 4.90 Å². The van der Waals surface area contributed by atoms with Gasteiger partial charge in [-0.25, -0.2) is 8.42 Å². The molecular weight excluding hydrogens is 316 g/mol. The summed E-state index contributed by atoms with van der Waals surface area (Å²) in [5, 5.41) is 0. The molecule has 1 amide bonds. The van der Waals surface area contributed by atoms with Gasteiger partial charge in [0, 0.05) is 38.9 Å². The third-order valence-electron chi connectivity index (χ3n) is 3.99. The number of hydrogen-bond acceptors (Lipinski definition) is 4. The van der Waals surface area contributed by atoms with Gasteiger partial charge in [-0.2, -0.15) is 4.31 Å². The molecule has 1 saturated heterocycles. The Balaban J connectivity index is 1.93. The predicted octanol–water partition coefficient (Wildman–Crippen LogP) is 1.48. The SMILES string of the molecule is CN(C(=O)CCN(CC1CCCO1)S(C)(=O)=O)c1ccccc1. The molecule has 0 aromatic heterocycles. The van der Waals surface area contributed by atoms with E-state index in [-0.39, 0.29) is 25.0 Å². The highest BCUT2D eigenvalue weighted by Gasteiger charge is 2.25. The molecule has 0 bridgehead atoms. The second kappa shape index (κ2) is 7.90. The summed E-state index contributed by atoms with van der Waals surface area (Å²) >= 11 is 0. The Morgan fingerprint density at radius 3 is 2.57 bits per heavy atom. The maximum atomic E-state index is 12.3. The van der Waals surface area contributed by atoms with Crippen LogP contribution in [0.2, 0.25) is 0 Å². The Hall–Kier alpha value is -1.44. The zero-order chi connectivity index (χ0) is 16.9. The number of nitrogens with zero attached hydrogens (tertiary/aromatic N) is 2. The Morgan fingerprint density at radius 2 is 2.00 bits per heavy atom. The van der Waals surface area contributed by atoms with Gasteiger partial charge in [0.25, 0.3) is 0 Å². The number of sulfonamides is 1. The van der Waals surface area contributed by atoms with Crippen molar-refractivity contribution in [3.8, 4) is 0 Å². The molecule has 0 saturated carbocycles. The zero-order valence-electron chi connectivity index (χ0n) is 13.6. The maximum Gasteiger partial charge on any atom is 0.228 e. The van der Waals surface area contributed by atoms with Crippen LogP contribution in [-0.4, -0.2) is 57.7 Å². The van der Waals surface area contributed by atoms with E-state index in [9.17, 15) is 13.2 Å². The van der Waals surface area contributed by atoms with Crippen molar-refractivity contribution in [3.63, 3.8) is 0 Å². The van der Waals surface area contributed by atoms with Crippen molar-refractivity contribution in [3.05, 3.63) is 30.3 Å². The molecular formula is C16H24N2O4S. The molecule has 0 N–H and O–H groups in total. The summed E-state index contributed by atoms with van der Waals surface area (Å²) in [5.74, 6) is -0.114. The minimum absolute atomic E-state index is 0.0633. The second-order valence-electron chi connectivity index (χ2n) is 5.79. The average Bonchev–Trinajstić information content (AvgIpc) is 3.03. The topological polar surface area (TPSA) is 66.9 Å². The van der Waals surface area contributed by atoms with E-state index < -0.39 is 10.0 Å². The summed E-state index contributed by atoms with van der Waals surface area (Å²) in [7, 11) is -1.66. The first-order valence-electron chi connectivity index (χ1n) is 7.76. The quantitative estimate of drug-likeness (QED) is 0.754. The van der Waals surface area contributed by atoms with E-state index in [1.807, 2.05) is 30.3 Å². The lowest BCUT2D eigenvalue weighted by Crippen LogP contribution is -2.39. The van der Waals surface area contributed by atoms with Gasteiger partial charge in [0.1, 0.15) is 0 Å². The number of anilines is 1. The molecule has 128 valence electrons. The van der Waals surface area contributed by atoms with E-state index >= 15 is 0 Å². The van der Waals surface area contributed by atoms with Crippen LogP contribution in [0.1, 0.15) is 19.3 Å². The lowest BCUT2D eigenvalue weighted by molar-refractivity contribution is -0.118. The smallest absolute Gasteiger partial charge is 0.228 e. The van der Waals surface area contributed by atoms with Gasteiger partial charge in [0.05, 0.1) is 12.4 Å². The highest BCUT2D eigenvalue weighted by atomic mass is 32.2. The van der Waals surface area contributed by atoms with Crippen LogP contribution in [0.3, 0.4) is 0 Å². The van der Waals surface area contributed by atoms with E-state index in [0.717, 1.165) is 18.5 Å². The third kappa shape index (κ3) is 5.30. The summed E-state index contributed by atoms with van der Waals surface area (Å²) in [6.45, 7) is 1.17. The van der Waals surface area contributed by atoms with E-state index in [0.29, 0.717) is 13.2 Å². The number of ether oxygens (including phenoxy) is 1. The van der Waals surface area contributed by atoms with Crippen molar-refractivity contribution in [1.29, 1.82) is 0 Å². The number of amides is 1. The molecule has 0 radical (unpaired) electrons. The third-order valence-corrected chi connectivity index (χ3v) is 5.26. The van der Waals surface area contributed by atoms with Crippen molar-refractivity contribution < 1.29 is 17.9 Å². The van der Waals surface area contributed by atoms with Gasteiger partial charge in [-0.1, -0.05) is 18.2 Å². The summed E-state index contributed by atoms with van der Waals surface area (Å²) in [5.41, 5.74) is 0.794. The fraction of sp³-hybridized carbons (Fsp3) is 0.562. The average molecular weight is 340 g/mol. The molecule has 1 aromatic carbocycles. The Kier molecular flexibility index (Phi) is 6.15. The fourth-order valence-corrected chi connectivity index (χ4v) is 3.45. The van der Waals surface area contributed by atoms with Gasteiger partial charge >= 0.3 is 0 Å². The number of benzene rings is 1. The molecule has 1 unspecified atom stereocenters. The van der Waals surface area contributed by atoms with Crippen molar-refractivity contribution in [2.45, 2.75) is 25.4 Å². The zero-order valence-corrected chi connectivity index (χ0v) is 14.5. The minimum atomic E-state index is -3.36. The standard InChI is InChI=1S/C16H24N2O4S/c1-17(14-7-4-3-5-8-14)16(19)10-11-18(23(2,20)21)13-15-9-6-12-22-15/h3-5,7-8,15H,6,9-13H2,1-2H3. The van der Waals surface area contributed by atoms with Crippen LogP contribution in [-0.2, 0) is 19.6 Å². The molecule has 1 aliphatic rings. The Labute approximate surface area is 138 Å². The monoisotopic (exact) mass is 340 g/mol. The number of carbonyl (C=O) groups is 1. The van der Waals surface area contributed by atoms with Crippen molar-refractivity contribution in [1.82, 2.24) is 4.31 Å². The van der Waals surface area contributed by atoms with E-state index in [1.54, 1.807) is 11.9 Å². The Bertz CT molecular complexity index is 612. The molecule has 0 aliphatic carbocycles. The molecule has 0 spiro atoms. The lowest BCUT2D eigenvalue weighted by Gasteiger charge is -2.24. The minimum Gasteiger partial charge on any atom is -0.377 e. The van der Waals surface area contributed by atoms with Crippen LogP contribution in [0.4, 0.5) is 5.69 Å². The molecule has 1 aromatic rings. The first-order valence-corrected chi connectivity index (χ1v) is 9.61. The van der Waals surface area contributed by atoms with Crippen LogP contribution in [0.5, 0.6) is 0 Å². The van der Waals surface area contributed by atoms with Crippen LogP contribution in [0, 0.1) is 0 Å². The molecule has 6 nitrogen and oxygen atoms in total. The summed E-state index contributed by atoms with van der Waals surface area (Å²) in [6, 6.07) is 9.30. The van der Waals surface area contributed by atoms with Gasteiger partial charge in [0.15, 0.2) is 0 Å². The van der Waals surface area contributed by atoms with E-state index in [2.05, 4.69) is 0 Å². The molecule has 1 heterocycles. The number of carbonyl (C=O) groups excluding carboxylic acids is 1. The fourth-order valence-electron chi connectivity index (χ4n) is 2.59. The van der Waals surface area contributed by atoms with Gasteiger partial charge in [-0.3, -0.25) is 4.79 Å². The number of para-hydroxylation sites is 1. The normalized spacial score (nSPS) is 18.3. The predicted molar refractivity (Wildman–Crippen MR) is 89.9 cm³/mol. The van der Waals surface area contributed by atoms with E-state index in [1.165, 1.54) is 10.6 Å². The first kappa shape index (κ1) is 17.9. The molecule has 23 heavy (non-hydrogen) atoms. The maximum absolute atomic E-state index is 12.3. The van der Waals surface area contributed by atoms with Gasteiger partial charge in [0.2, 0.25) is 15.9 Å². The first-order chi connectivity index (χ1) is 10.9. The van der Waals surface area contributed by atoms with Crippen molar-refractivity contribution >= 4 is 21.6 Å². The van der Waals surface area contributed by atoms with Crippen LogP contribution >= 0.6 is 0 Å². The second-order valence-corrected chi connectivity index (χ2v) is 7.78. The van der Waals surface area contributed by atoms with Gasteiger partial charge in [-0.05, 0) is 25.0 Å². The van der Waals surface area contributed by atoms with Crippen LogP contribution in [0.15, 0.2) is 30.3 Å². The van der Waals surface area contributed by atoms with E-state index in [4.69, 9.17) is 4.74 Å². The highest BCUT2D eigenvalue weighted by Crippen LogP contribution is 2.16. The molecule has 1 aliphatic heterocycles. The Morgan fingerprint density at radius 1 is 1.30 bits per heavy atom. The van der Waals surface area contributed by atoms with Gasteiger partial charge < -0.3 is 9.64 Å². The summed E-state index contributed by atoms with van der Waals surface area (Å²) in [4.78, 5) is 13.8. The summed E-state index contributed by atoms with van der Waals surface area (Å²) < 4.78 is 30.7. The van der Waals surface area contributed by atoms with Crippen molar-refractivity contribution in [2.24, 2.45) is 0 Å². The largest absolute Gasteiger partial charge is 0.377 e. The molecule has 2 rings (SSSR count). The molecule has 1 fully saturated rings. The highest BCUT2D eigenvalue weighted by molar-refractivity contribution is 7.88. The summed E-state index contributed by atoms with van der Waals surface area (Å²) in [6.07, 6.45) is 3.08. The van der Waals surface area contributed by atoms with Crippen molar-refractivity contribution in [2.75, 3.05) is 37.9 Å². The van der Waals surface area contributed by atoms with Gasteiger partial charge in [-0.15, -0.1) is 0 Å². The molecule has 1 atom stereocenters. The number of hydrogen-bond donors (Lipinski definition) is 0. The molecule has 7 heteroatoms. The van der Waals surface area contributed by atoms with Crippen LogP contribution in [0.25, 0.3) is 0 Å². The lowest BCUT2D eigenvalue weighted by atomic mass is 10.2. The number of rotatable bonds is 7.